The zero-order chi connectivity index (χ0) is 39.0. The fraction of sp³-hybridized carbons (Fsp3) is 0.0556. The third-order valence-corrected chi connectivity index (χ3v) is 13.0. The number of aromatic nitrogens is 5. The highest BCUT2D eigenvalue weighted by Gasteiger charge is 2.35. The lowest BCUT2D eigenvalue weighted by Crippen LogP contribution is -2.14. The maximum atomic E-state index is 5.49. The zero-order valence-electron chi connectivity index (χ0n) is 32.6. The van der Waals surface area contributed by atoms with Crippen molar-refractivity contribution in [1.29, 1.82) is 0 Å². The van der Waals surface area contributed by atoms with Crippen molar-refractivity contribution in [3.8, 4) is 39.3 Å². The first-order valence-electron chi connectivity index (χ1n) is 20.4. The van der Waals surface area contributed by atoms with Gasteiger partial charge in [-0.2, -0.15) is 4.98 Å². The summed E-state index contributed by atoms with van der Waals surface area (Å²) in [5.74, 6) is 0.900. The molecule has 1 aliphatic rings. The van der Waals surface area contributed by atoms with Crippen LogP contribution in [0.25, 0.3) is 100.0 Å². The van der Waals surface area contributed by atoms with Crippen molar-refractivity contribution in [2.24, 2.45) is 0 Å². The molecule has 1 aliphatic carbocycles. The summed E-state index contributed by atoms with van der Waals surface area (Å²) in [4.78, 5) is 5.49. The van der Waals surface area contributed by atoms with Crippen LogP contribution in [0.5, 0.6) is 0 Å². The van der Waals surface area contributed by atoms with Crippen molar-refractivity contribution in [2.75, 3.05) is 0 Å². The molecule has 0 fully saturated rings. The molecule has 59 heavy (non-hydrogen) atoms. The van der Waals surface area contributed by atoms with E-state index in [0.29, 0.717) is 0 Å². The Bertz CT molecular complexity index is 3680. The van der Waals surface area contributed by atoms with Gasteiger partial charge in [0.2, 0.25) is 5.78 Å². The molecule has 13 rings (SSSR count). The monoisotopic (exact) mass is 755 g/mol. The number of hydrogen-bond donors (Lipinski definition) is 0. The van der Waals surface area contributed by atoms with Crippen LogP contribution >= 0.6 is 0 Å². The van der Waals surface area contributed by atoms with E-state index in [1.165, 1.54) is 60.6 Å². The number of nitrogens with zero attached hydrogens (tertiary/aromatic N) is 5. The SMILES string of the molecule is CC1(C)c2ccccc2-c2ccc(-c3ccc(-n4c5ccccc5c5cc(-n6c7ccccc7c7c6nc6n(-c8ccccc8)c8ccccc8n76)ccc54)cc3)cc21. The molecule has 8 aromatic carbocycles. The van der Waals surface area contributed by atoms with E-state index in [1.54, 1.807) is 0 Å². The van der Waals surface area contributed by atoms with Gasteiger partial charge in [-0.25, -0.2) is 0 Å². The van der Waals surface area contributed by atoms with Crippen LogP contribution in [0.4, 0.5) is 0 Å². The summed E-state index contributed by atoms with van der Waals surface area (Å²) in [5.41, 5.74) is 19.0. The number of para-hydroxylation sites is 5. The Morgan fingerprint density at radius 3 is 1.80 bits per heavy atom. The van der Waals surface area contributed by atoms with Crippen LogP contribution < -0.4 is 0 Å². The molecule has 0 bridgehead atoms. The summed E-state index contributed by atoms with van der Waals surface area (Å²) in [7, 11) is 0. The second kappa shape index (κ2) is 11.7. The van der Waals surface area contributed by atoms with E-state index in [9.17, 15) is 0 Å². The lowest BCUT2D eigenvalue weighted by Gasteiger charge is -2.22. The Balaban J connectivity index is 0.970. The first-order valence-corrected chi connectivity index (χ1v) is 20.4. The average Bonchev–Trinajstić information content (AvgIpc) is 4.05. The topological polar surface area (TPSA) is 32.1 Å². The lowest BCUT2D eigenvalue weighted by molar-refractivity contribution is 0.660. The van der Waals surface area contributed by atoms with Gasteiger partial charge in [0.05, 0.1) is 27.6 Å². The molecule has 0 saturated carbocycles. The van der Waals surface area contributed by atoms with Gasteiger partial charge >= 0.3 is 0 Å². The number of rotatable bonds is 4. The molecule has 0 aliphatic heterocycles. The Kier molecular flexibility index (Phi) is 6.44. The van der Waals surface area contributed by atoms with Crippen LogP contribution in [0.3, 0.4) is 0 Å². The van der Waals surface area contributed by atoms with Crippen molar-refractivity contribution in [3.05, 3.63) is 199 Å². The third-order valence-electron chi connectivity index (χ3n) is 13.0. The number of benzene rings is 8. The van der Waals surface area contributed by atoms with E-state index >= 15 is 0 Å². The van der Waals surface area contributed by atoms with Crippen molar-refractivity contribution in [2.45, 2.75) is 19.3 Å². The van der Waals surface area contributed by atoms with Gasteiger partial charge < -0.3 is 4.57 Å². The van der Waals surface area contributed by atoms with Crippen LogP contribution in [-0.2, 0) is 5.41 Å². The Morgan fingerprint density at radius 2 is 0.983 bits per heavy atom. The Hall–Kier alpha value is -7.63. The van der Waals surface area contributed by atoms with Crippen LogP contribution in [0.2, 0.25) is 0 Å². The molecule has 4 heterocycles. The number of fused-ring (bicyclic) bond motifs is 13. The molecule has 5 nitrogen and oxygen atoms in total. The second-order valence-corrected chi connectivity index (χ2v) is 16.5. The van der Waals surface area contributed by atoms with Gasteiger partial charge in [0.25, 0.3) is 0 Å². The summed E-state index contributed by atoms with van der Waals surface area (Å²) < 4.78 is 9.37. The summed E-state index contributed by atoms with van der Waals surface area (Å²) in [6, 6.07) is 68.5. The Morgan fingerprint density at radius 1 is 0.390 bits per heavy atom. The average molecular weight is 756 g/mol. The highest BCUT2D eigenvalue weighted by molar-refractivity contribution is 6.12. The first-order chi connectivity index (χ1) is 29.0. The minimum Gasteiger partial charge on any atom is -0.309 e. The number of hydrogen-bond acceptors (Lipinski definition) is 1. The third kappa shape index (κ3) is 4.36. The molecular weight excluding hydrogens is 719 g/mol. The normalized spacial score (nSPS) is 13.4. The summed E-state index contributed by atoms with van der Waals surface area (Å²) >= 11 is 0. The summed E-state index contributed by atoms with van der Waals surface area (Å²) in [6.07, 6.45) is 0. The molecule has 4 aromatic heterocycles. The maximum absolute atomic E-state index is 5.49. The van der Waals surface area contributed by atoms with Crippen molar-refractivity contribution in [1.82, 2.24) is 23.1 Å². The molecular formula is C54H37N5. The molecule has 278 valence electrons. The number of imidazole rings is 2. The molecule has 0 radical (unpaired) electrons. The van der Waals surface area contributed by atoms with Gasteiger partial charge in [-0.3, -0.25) is 13.5 Å². The molecule has 0 atom stereocenters. The van der Waals surface area contributed by atoms with Crippen LogP contribution in [-0.4, -0.2) is 23.1 Å². The van der Waals surface area contributed by atoms with E-state index in [1.807, 2.05) is 0 Å². The van der Waals surface area contributed by atoms with Crippen molar-refractivity contribution in [3.63, 3.8) is 0 Å². The lowest BCUT2D eigenvalue weighted by atomic mass is 9.81. The van der Waals surface area contributed by atoms with Crippen LogP contribution in [0.15, 0.2) is 188 Å². The fourth-order valence-corrected chi connectivity index (χ4v) is 10.3. The standard InChI is InChI=1S/C54H37N5/c1-54(2)44-19-9-6-16-39(44)40-30-26-35(32-45(40)54)34-24-27-37(28-25-34)56-46-20-10-7-17-41(46)43-33-38(29-31-48(43)56)57-47-21-11-8-18-42(47)51-52(57)55-53-58(36-14-4-3-5-15-36)49-22-12-13-23-50(49)59(51)53/h3-33H,1-2H3. The summed E-state index contributed by atoms with van der Waals surface area (Å²) in [5, 5.41) is 3.60. The molecule has 0 amide bonds. The smallest absolute Gasteiger partial charge is 0.222 e. The van der Waals surface area contributed by atoms with E-state index in [-0.39, 0.29) is 5.41 Å². The molecule has 0 saturated heterocycles. The molecule has 5 heteroatoms. The van der Waals surface area contributed by atoms with Crippen molar-refractivity contribution < 1.29 is 0 Å². The summed E-state index contributed by atoms with van der Waals surface area (Å²) in [6.45, 7) is 4.69. The van der Waals surface area contributed by atoms with Gasteiger partial charge in [-0.1, -0.05) is 129 Å². The van der Waals surface area contributed by atoms with E-state index < -0.39 is 0 Å². The Labute approximate surface area is 340 Å². The minimum atomic E-state index is -0.0336. The fourth-order valence-electron chi connectivity index (χ4n) is 10.3. The van der Waals surface area contributed by atoms with Crippen molar-refractivity contribution >= 4 is 60.7 Å². The van der Waals surface area contributed by atoms with Gasteiger partial charge in [-0.05, 0) is 106 Å². The highest BCUT2D eigenvalue weighted by atomic mass is 15.2. The van der Waals surface area contributed by atoms with Gasteiger partial charge in [-0.15, -0.1) is 0 Å². The van der Waals surface area contributed by atoms with Crippen LogP contribution in [0, 0.1) is 0 Å². The predicted molar refractivity (Wildman–Crippen MR) is 244 cm³/mol. The second-order valence-electron chi connectivity index (χ2n) is 16.5. The molecule has 0 unspecified atom stereocenters. The predicted octanol–water partition coefficient (Wildman–Crippen LogP) is 13.4. The first kappa shape index (κ1) is 32.5. The molecule has 12 aromatic rings. The van der Waals surface area contributed by atoms with E-state index in [0.717, 1.165) is 50.6 Å². The van der Waals surface area contributed by atoms with Crippen LogP contribution in [0.1, 0.15) is 25.0 Å². The van der Waals surface area contributed by atoms with E-state index in [4.69, 9.17) is 4.98 Å². The van der Waals surface area contributed by atoms with Gasteiger partial charge in [0, 0.05) is 38.6 Å². The maximum Gasteiger partial charge on any atom is 0.222 e. The largest absolute Gasteiger partial charge is 0.309 e. The molecule has 0 N–H and O–H groups in total. The van der Waals surface area contributed by atoms with E-state index in [2.05, 4.69) is 220 Å². The zero-order valence-corrected chi connectivity index (χ0v) is 32.6. The quantitative estimate of drug-likeness (QED) is 0.176. The van der Waals surface area contributed by atoms with Gasteiger partial charge in [0.15, 0.2) is 5.65 Å². The highest BCUT2D eigenvalue weighted by Crippen LogP contribution is 2.49. The van der Waals surface area contributed by atoms with Gasteiger partial charge in [0.1, 0.15) is 5.52 Å². The molecule has 0 spiro atoms. The minimum absolute atomic E-state index is 0.0336.